The first-order valence-corrected chi connectivity index (χ1v) is 10.2. The number of nitrogens with zero attached hydrogens (tertiary/aromatic N) is 2. The lowest BCUT2D eigenvalue weighted by Gasteiger charge is -2.44. The zero-order valence-corrected chi connectivity index (χ0v) is 17.4. The minimum Gasteiger partial charge on any atom is -0.480 e. The lowest BCUT2D eigenvalue weighted by atomic mass is 9.96. The predicted molar refractivity (Wildman–Crippen MR) is 109 cm³/mol. The first-order valence-electron chi connectivity index (χ1n) is 10.2. The summed E-state index contributed by atoms with van der Waals surface area (Å²) in [5.74, 6) is -3.95. The van der Waals surface area contributed by atoms with Crippen molar-refractivity contribution in [3.8, 4) is 0 Å². The minimum absolute atomic E-state index is 0.125. The largest absolute Gasteiger partial charge is 0.480 e. The van der Waals surface area contributed by atoms with E-state index in [2.05, 4.69) is 0 Å². The number of carboxylic acid groups (broad SMARTS) is 1. The van der Waals surface area contributed by atoms with E-state index in [0.717, 1.165) is 17.7 Å². The van der Waals surface area contributed by atoms with Crippen molar-refractivity contribution >= 4 is 17.8 Å². The van der Waals surface area contributed by atoms with E-state index < -0.39 is 41.2 Å². The number of amides is 2. The van der Waals surface area contributed by atoms with Gasteiger partial charge in [-0.05, 0) is 31.2 Å². The molecule has 0 bridgehead atoms. The number of rotatable bonds is 3. The highest BCUT2D eigenvalue weighted by molar-refractivity contribution is 5.98. The molecule has 2 aromatic rings. The molecule has 1 N–H and O–H groups in total. The number of hydrogen-bond donors (Lipinski definition) is 1. The van der Waals surface area contributed by atoms with Crippen LogP contribution in [0.3, 0.4) is 0 Å². The lowest BCUT2D eigenvalue weighted by Crippen LogP contribution is -2.58. The highest BCUT2D eigenvalue weighted by Gasteiger charge is 2.54. The first-order chi connectivity index (χ1) is 15.2. The zero-order valence-electron chi connectivity index (χ0n) is 17.4. The SMILES string of the molecule is Cc1cccc(C(=O)N2C(C(=O)O)COC23CCN(C(=O)c2ccc(F)cc2F)CC3)c1. The third kappa shape index (κ3) is 3.84. The molecule has 4 rings (SSSR count). The molecule has 1 spiro atoms. The molecule has 2 fully saturated rings. The van der Waals surface area contributed by atoms with Gasteiger partial charge in [-0.25, -0.2) is 13.6 Å². The van der Waals surface area contributed by atoms with Crippen molar-refractivity contribution in [2.45, 2.75) is 31.5 Å². The van der Waals surface area contributed by atoms with E-state index in [9.17, 15) is 28.3 Å². The van der Waals surface area contributed by atoms with Crippen molar-refractivity contribution in [3.63, 3.8) is 0 Å². The van der Waals surface area contributed by atoms with Crippen LogP contribution in [0.1, 0.15) is 39.1 Å². The van der Waals surface area contributed by atoms with Crippen LogP contribution >= 0.6 is 0 Å². The van der Waals surface area contributed by atoms with Crippen LogP contribution < -0.4 is 0 Å². The van der Waals surface area contributed by atoms with Crippen molar-refractivity contribution in [1.82, 2.24) is 9.80 Å². The molecule has 1 unspecified atom stereocenters. The molecule has 0 aliphatic carbocycles. The molecule has 2 heterocycles. The Bertz CT molecular complexity index is 1080. The molecule has 2 aromatic carbocycles. The van der Waals surface area contributed by atoms with Gasteiger partial charge in [-0.3, -0.25) is 14.5 Å². The van der Waals surface area contributed by atoms with Crippen LogP contribution in [0.15, 0.2) is 42.5 Å². The Hall–Kier alpha value is -3.33. The molecule has 168 valence electrons. The Morgan fingerprint density at radius 2 is 1.78 bits per heavy atom. The maximum absolute atomic E-state index is 14.0. The highest BCUT2D eigenvalue weighted by Crippen LogP contribution is 2.39. The Balaban J connectivity index is 1.57. The smallest absolute Gasteiger partial charge is 0.328 e. The summed E-state index contributed by atoms with van der Waals surface area (Å²) >= 11 is 0. The van der Waals surface area contributed by atoms with Crippen LogP contribution in [0.5, 0.6) is 0 Å². The molecule has 9 heteroatoms. The van der Waals surface area contributed by atoms with E-state index in [1.807, 2.05) is 13.0 Å². The summed E-state index contributed by atoms with van der Waals surface area (Å²) in [4.78, 5) is 40.6. The number of carbonyl (C=O) groups excluding carboxylic acids is 2. The second-order valence-electron chi connectivity index (χ2n) is 8.07. The quantitative estimate of drug-likeness (QED) is 0.787. The van der Waals surface area contributed by atoms with Crippen LogP contribution in [0.25, 0.3) is 0 Å². The van der Waals surface area contributed by atoms with Gasteiger partial charge in [-0.2, -0.15) is 0 Å². The maximum Gasteiger partial charge on any atom is 0.328 e. The molecule has 1 atom stereocenters. The molecular formula is C23H22F2N2O5. The fourth-order valence-electron chi connectivity index (χ4n) is 4.37. The number of carboxylic acids is 1. The van der Waals surface area contributed by atoms with Crippen LogP contribution in [0, 0.1) is 18.6 Å². The van der Waals surface area contributed by atoms with Gasteiger partial charge in [0.05, 0.1) is 12.2 Å². The van der Waals surface area contributed by atoms with E-state index in [4.69, 9.17) is 4.74 Å². The Labute approximate surface area is 183 Å². The van der Waals surface area contributed by atoms with E-state index in [1.54, 1.807) is 18.2 Å². The van der Waals surface area contributed by atoms with Gasteiger partial charge in [-0.1, -0.05) is 17.7 Å². The number of aliphatic carboxylic acids is 1. The molecule has 0 saturated carbocycles. The Morgan fingerprint density at radius 3 is 2.41 bits per heavy atom. The molecule has 2 aliphatic heterocycles. The van der Waals surface area contributed by atoms with Crippen molar-refractivity contribution in [2.24, 2.45) is 0 Å². The molecule has 0 aromatic heterocycles. The summed E-state index contributed by atoms with van der Waals surface area (Å²) in [6.45, 7) is 1.92. The van der Waals surface area contributed by atoms with E-state index in [-0.39, 0.29) is 38.1 Å². The van der Waals surface area contributed by atoms with Crippen molar-refractivity contribution in [2.75, 3.05) is 19.7 Å². The third-order valence-electron chi connectivity index (χ3n) is 6.02. The average molecular weight is 444 g/mol. The number of piperidine rings is 1. The normalized spacial score (nSPS) is 19.9. The predicted octanol–water partition coefficient (Wildman–Crippen LogP) is 2.83. The molecule has 2 saturated heterocycles. The summed E-state index contributed by atoms with van der Waals surface area (Å²) in [6, 6.07) is 8.47. The van der Waals surface area contributed by atoms with Crippen molar-refractivity contribution in [1.29, 1.82) is 0 Å². The standard InChI is InChI=1S/C23H22F2N2O5/c1-14-3-2-4-15(11-14)20(28)27-19(22(30)31)13-32-23(27)7-9-26(10-8-23)21(29)17-6-5-16(24)12-18(17)25/h2-6,11-12,19H,7-10,13H2,1H3,(H,30,31). The molecule has 2 aliphatic rings. The highest BCUT2D eigenvalue weighted by atomic mass is 19.1. The molecule has 32 heavy (non-hydrogen) atoms. The summed E-state index contributed by atoms with van der Waals surface area (Å²) < 4.78 is 33.1. The third-order valence-corrected chi connectivity index (χ3v) is 6.02. The van der Waals surface area contributed by atoms with Gasteiger partial charge in [0.15, 0.2) is 6.04 Å². The van der Waals surface area contributed by atoms with Crippen LogP contribution in [0.4, 0.5) is 8.78 Å². The number of ether oxygens (including phenoxy) is 1. The maximum atomic E-state index is 14.0. The van der Waals surface area contributed by atoms with Gasteiger partial charge < -0.3 is 14.7 Å². The Morgan fingerprint density at radius 1 is 1.06 bits per heavy atom. The number of hydrogen-bond acceptors (Lipinski definition) is 4. The second kappa shape index (κ2) is 8.31. The van der Waals surface area contributed by atoms with E-state index >= 15 is 0 Å². The van der Waals surface area contributed by atoms with Crippen molar-refractivity contribution < 1.29 is 33.0 Å². The van der Waals surface area contributed by atoms with Gasteiger partial charge in [0.25, 0.3) is 11.8 Å². The Kier molecular flexibility index (Phi) is 5.68. The number of likely N-dealkylation sites (tertiary alicyclic amines) is 1. The van der Waals surface area contributed by atoms with E-state index in [1.165, 1.54) is 9.80 Å². The van der Waals surface area contributed by atoms with Gasteiger partial charge in [0.2, 0.25) is 0 Å². The summed E-state index contributed by atoms with van der Waals surface area (Å²) in [6.07, 6.45) is 0.339. The number of benzene rings is 2. The van der Waals surface area contributed by atoms with Crippen LogP contribution in [-0.2, 0) is 9.53 Å². The molecule has 2 amide bonds. The van der Waals surface area contributed by atoms with Crippen LogP contribution in [0.2, 0.25) is 0 Å². The fraction of sp³-hybridized carbons (Fsp3) is 0.348. The van der Waals surface area contributed by atoms with Crippen LogP contribution in [-0.4, -0.2) is 64.2 Å². The van der Waals surface area contributed by atoms with Gasteiger partial charge in [-0.15, -0.1) is 0 Å². The summed E-state index contributed by atoms with van der Waals surface area (Å²) in [5, 5.41) is 9.68. The first kappa shape index (κ1) is 21.9. The molecule has 7 nitrogen and oxygen atoms in total. The topological polar surface area (TPSA) is 87.2 Å². The lowest BCUT2D eigenvalue weighted by molar-refractivity contribution is -0.143. The van der Waals surface area contributed by atoms with Gasteiger partial charge in [0.1, 0.15) is 17.4 Å². The fourth-order valence-corrected chi connectivity index (χ4v) is 4.37. The molecular weight excluding hydrogens is 422 g/mol. The second-order valence-corrected chi connectivity index (χ2v) is 8.07. The molecule has 0 radical (unpaired) electrons. The minimum atomic E-state index is -1.18. The summed E-state index contributed by atoms with van der Waals surface area (Å²) in [7, 11) is 0. The monoisotopic (exact) mass is 444 g/mol. The van der Waals surface area contributed by atoms with Crippen molar-refractivity contribution in [3.05, 3.63) is 70.8 Å². The summed E-state index contributed by atoms with van der Waals surface area (Å²) in [5.41, 5.74) is -0.209. The van der Waals surface area contributed by atoms with Gasteiger partial charge >= 0.3 is 5.97 Å². The number of carbonyl (C=O) groups is 3. The number of halogens is 2. The number of aryl methyl sites for hydroxylation is 1. The van der Waals surface area contributed by atoms with E-state index in [0.29, 0.717) is 11.6 Å². The average Bonchev–Trinajstić information content (AvgIpc) is 3.12. The zero-order chi connectivity index (χ0) is 23.0. The van der Waals surface area contributed by atoms with Gasteiger partial charge in [0, 0.05) is 37.6 Å².